The molecule has 10 heteroatoms. The maximum Gasteiger partial charge on any atom is 0.269 e. The number of amidine groups is 1. The Kier molecular flexibility index (Phi) is 5.92. The summed E-state index contributed by atoms with van der Waals surface area (Å²) in [6.07, 6.45) is -5.24. The number of ketones is 1. The Hall–Kier alpha value is -2.88. The lowest BCUT2D eigenvalue weighted by Gasteiger charge is -2.33. The van der Waals surface area contributed by atoms with E-state index in [1.54, 1.807) is 0 Å². The number of alkyl halides is 4. The van der Waals surface area contributed by atoms with Gasteiger partial charge in [0.05, 0.1) is 6.61 Å². The second-order valence-corrected chi connectivity index (χ2v) is 6.51. The van der Waals surface area contributed by atoms with E-state index in [9.17, 15) is 26.7 Å². The fourth-order valence-electron chi connectivity index (χ4n) is 2.99. The molecule has 0 saturated carbocycles. The quantitative estimate of drug-likeness (QED) is 0.582. The molecule has 5 nitrogen and oxygen atoms in total. The zero-order chi connectivity index (χ0) is 21.2. The molecular formula is C19H16F5N3O2. The van der Waals surface area contributed by atoms with Crippen molar-refractivity contribution in [1.29, 1.82) is 0 Å². The van der Waals surface area contributed by atoms with Crippen molar-refractivity contribution in [3.8, 4) is 0 Å². The Labute approximate surface area is 162 Å². The monoisotopic (exact) mass is 413 g/mol. The van der Waals surface area contributed by atoms with Gasteiger partial charge < -0.3 is 10.5 Å². The van der Waals surface area contributed by atoms with Gasteiger partial charge in [0.2, 0.25) is 0 Å². The van der Waals surface area contributed by atoms with E-state index in [0.717, 1.165) is 30.5 Å². The van der Waals surface area contributed by atoms with Crippen LogP contribution in [0.4, 0.5) is 22.0 Å². The van der Waals surface area contributed by atoms with Crippen LogP contribution in [0, 0.1) is 5.82 Å². The third kappa shape index (κ3) is 4.26. The first-order valence-corrected chi connectivity index (χ1v) is 8.49. The molecule has 154 valence electrons. The van der Waals surface area contributed by atoms with Crippen LogP contribution in [-0.4, -0.2) is 36.2 Å². The Balaban J connectivity index is 1.91. The second kappa shape index (κ2) is 8.24. The molecule has 1 aliphatic rings. The Morgan fingerprint density at radius 3 is 2.55 bits per heavy atom. The summed E-state index contributed by atoms with van der Waals surface area (Å²) in [7, 11) is 0. The van der Waals surface area contributed by atoms with E-state index in [-0.39, 0.29) is 35.7 Å². The number of aromatic nitrogens is 1. The summed E-state index contributed by atoms with van der Waals surface area (Å²) in [6.45, 7) is -0.717. The first kappa shape index (κ1) is 20.8. The fraction of sp³-hybridized carbons (Fsp3) is 0.316. The number of rotatable bonds is 6. The van der Waals surface area contributed by atoms with E-state index in [2.05, 4.69) is 9.98 Å². The molecule has 0 amide bonds. The molecule has 0 spiro atoms. The van der Waals surface area contributed by atoms with Gasteiger partial charge in [-0.15, -0.1) is 0 Å². The van der Waals surface area contributed by atoms with E-state index in [1.807, 2.05) is 0 Å². The molecule has 2 aromatic rings. The highest BCUT2D eigenvalue weighted by Crippen LogP contribution is 2.37. The van der Waals surface area contributed by atoms with Crippen LogP contribution in [-0.2, 0) is 16.7 Å². The molecule has 2 heterocycles. The minimum absolute atomic E-state index is 0.0767. The van der Waals surface area contributed by atoms with Gasteiger partial charge in [-0.25, -0.2) is 22.0 Å². The van der Waals surface area contributed by atoms with Crippen molar-refractivity contribution >= 4 is 11.6 Å². The van der Waals surface area contributed by atoms with Crippen LogP contribution in [0.2, 0.25) is 0 Å². The molecule has 0 unspecified atom stereocenters. The highest BCUT2D eigenvalue weighted by molar-refractivity contribution is 5.95. The number of nitrogens with zero attached hydrogens (tertiary/aromatic N) is 2. The van der Waals surface area contributed by atoms with E-state index >= 15 is 0 Å². The number of aliphatic imine (C=N–C) groups is 1. The van der Waals surface area contributed by atoms with Crippen LogP contribution in [0.5, 0.6) is 0 Å². The number of ether oxygens (including phenoxy) is 1. The molecule has 1 aliphatic heterocycles. The van der Waals surface area contributed by atoms with Crippen LogP contribution >= 0.6 is 0 Å². The standard InChI is InChI=1S/C19H16F5N3O2/c20-13-3-1-10(6-15(28)14-4-2-11(7-26-14)17(21)22)5-12(13)19(18(23)24)9-29-8-16(25)27-19/h1-5,7,17-18H,6,8-9H2,(H2,25,27)/t19-/m0/s1. The minimum Gasteiger partial charge on any atom is -0.385 e. The number of nitrogens with two attached hydrogens (primary N) is 1. The number of Topliss-reactive ketones (excluding diaryl/α,β-unsaturated/α-hetero) is 1. The van der Waals surface area contributed by atoms with Gasteiger partial charge in [-0.05, 0) is 29.8 Å². The molecule has 29 heavy (non-hydrogen) atoms. The number of hydrogen-bond acceptors (Lipinski definition) is 5. The average molecular weight is 413 g/mol. The van der Waals surface area contributed by atoms with Crippen molar-refractivity contribution in [2.75, 3.05) is 13.2 Å². The lowest BCUT2D eigenvalue weighted by molar-refractivity contribution is -0.0146. The fourth-order valence-corrected chi connectivity index (χ4v) is 2.99. The lowest BCUT2D eigenvalue weighted by atomic mass is 9.88. The maximum absolute atomic E-state index is 14.4. The third-order valence-corrected chi connectivity index (χ3v) is 4.46. The molecule has 1 aromatic carbocycles. The summed E-state index contributed by atoms with van der Waals surface area (Å²) in [6, 6.07) is 5.55. The van der Waals surface area contributed by atoms with Crippen molar-refractivity contribution in [1.82, 2.24) is 4.98 Å². The van der Waals surface area contributed by atoms with Crippen molar-refractivity contribution < 1.29 is 31.5 Å². The first-order chi connectivity index (χ1) is 13.7. The van der Waals surface area contributed by atoms with Crippen LogP contribution in [0.25, 0.3) is 0 Å². The summed E-state index contributed by atoms with van der Waals surface area (Å²) >= 11 is 0. The largest absolute Gasteiger partial charge is 0.385 e. The molecule has 0 radical (unpaired) electrons. The Bertz CT molecular complexity index is 934. The maximum atomic E-state index is 14.4. The minimum atomic E-state index is -3.11. The Morgan fingerprint density at radius 1 is 1.21 bits per heavy atom. The zero-order valence-corrected chi connectivity index (χ0v) is 14.9. The van der Waals surface area contributed by atoms with Crippen LogP contribution in [0.1, 0.15) is 33.6 Å². The summed E-state index contributed by atoms with van der Waals surface area (Å²) in [5, 5.41) is 0. The molecule has 2 N–H and O–H groups in total. The Morgan fingerprint density at radius 2 is 1.97 bits per heavy atom. The molecular weight excluding hydrogens is 397 g/mol. The van der Waals surface area contributed by atoms with Gasteiger partial charge in [-0.2, -0.15) is 0 Å². The van der Waals surface area contributed by atoms with E-state index in [0.29, 0.717) is 0 Å². The van der Waals surface area contributed by atoms with Gasteiger partial charge >= 0.3 is 0 Å². The first-order valence-electron chi connectivity index (χ1n) is 8.49. The number of carbonyl (C=O) groups excluding carboxylic acids is 1. The van der Waals surface area contributed by atoms with Gasteiger partial charge in [-0.3, -0.25) is 14.8 Å². The smallest absolute Gasteiger partial charge is 0.269 e. The van der Waals surface area contributed by atoms with Crippen molar-refractivity contribution in [2.24, 2.45) is 10.7 Å². The average Bonchev–Trinajstić information content (AvgIpc) is 2.69. The zero-order valence-electron chi connectivity index (χ0n) is 14.9. The molecule has 0 aliphatic carbocycles. The number of hydrogen-bond donors (Lipinski definition) is 1. The lowest BCUT2D eigenvalue weighted by Crippen LogP contribution is -2.45. The second-order valence-electron chi connectivity index (χ2n) is 6.51. The number of pyridine rings is 1. The summed E-state index contributed by atoms with van der Waals surface area (Å²) < 4.78 is 72.3. The molecule has 0 fully saturated rings. The SMILES string of the molecule is NC1=N[C@@](c2cc(CC(=O)c3ccc(C(F)F)cn3)ccc2F)(C(F)F)COC1. The van der Waals surface area contributed by atoms with E-state index in [4.69, 9.17) is 10.5 Å². The highest BCUT2D eigenvalue weighted by atomic mass is 19.3. The summed E-state index contributed by atoms with van der Waals surface area (Å²) in [5.74, 6) is -1.68. The molecule has 1 atom stereocenters. The molecule has 1 aromatic heterocycles. The number of halogens is 5. The van der Waals surface area contributed by atoms with Gasteiger partial charge in [0.25, 0.3) is 12.9 Å². The predicted octanol–water partition coefficient (Wildman–Crippen LogP) is 3.43. The van der Waals surface area contributed by atoms with Crippen molar-refractivity contribution in [3.05, 3.63) is 64.7 Å². The van der Waals surface area contributed by atoms with Crippen LogP contribution in [0.15, 0.2) is 41.5 Å². The third-order valence-electron chi connectivity index (χ3n) is 4.46. The topological polar surface area (TPSA) is 77.6 Å². The normalized spacial score (nSPS) is 19.5. The molecule has 0 saturated heterocycles. The molecule has 0 bridgehead atoms. The number of benzene rings is 1. The predicted molar refractivity (Wildman–Crippen MR) is 93.8 cm³/mol. The van der Waals surface area contributed by atoms with E-state index in [1.165, 1.54) is 6.07 Å². The van der Waals surface area contributed by atoms with E-state index < -0.39 is 42.2 Å². The van der Waals surface area contributed by atoms with Gasteiger partial charge in [0, 0.05) is 23.7 Å². The summed E-state index contributed by atoms with van der Waals surface area (Å²) in [5.41, 5.74) is 2.57. The van der Waals surface area contributed by atoms with Crippen molar-refractivity contribution in [2.45, 2.75) is 24.8 Å². The van der Waals surface area contributed by atoms with Gasteiger partial charge in [0.1, 0.15) is 24.0 Å². The van der Waals surface area contributed by atoms with Gasteiger partial charge in [-0.1, -0.05) is 6.07 Å². The highest BCUT2D eigenvalue weighted by Gasteiger charge is 2.46. The summed E-state index contributed by atoms with van der Waals surface area (Å²) in [4.78, 5) is 19.8. The van der Waals surface area contributed by atoms with Crippen LogP contribution < -0.4 is 5.73 Å². The van der Waals surface area contributed by atoms with Gasteiger partial charge in [0.15, 0.2) is 11.3 Å². The van der Waals surface area contributed by atoms with Crippen molar-refractivity contribution in [3.63, 3.8) is 0 Å². The van der Waals surface area contributed by atoms with Crippen LogP contribution in [0.3, 0.4) is 0 Å². The molecule has 3 rings (SSSR count). The number of carbonyl (C=O) groups is 1.